The van der Waals surface area contributed by atoms with Crippen molar-refractivity contribution in [3.63, 3.8) is 0 Å². The molecule has 0 spiro atoms. The lowest BCUT2D eigenvalue weighted by molar-refractivity contribution is 1.19. The lowest BCUT2D eigenvalue weighted by Gasteiger charge is -1.86. The zero-order chi connectivity index (χ0) is 13.7. The van der Waals surface area contributed by atoms with Gasteiger partial charge in [0.25, 0.3) is 5.56 Å². The van der Waals surface area contributed by atoms with E-state index >= 15 is 0 Å². The number of rotatable bonds is 1. The van der Waals surface area contributed by atoms with Gasteiger partial charge >= 0.3 is 0 Å². The molecule has 1 aromatic carbocycles. The molecule has 0 atom stereocenters. The van der Waals surface area contributed by atoms with Crippen LogP contribution in [0.15, 0.2) is 41.2 Å². The minimum Gasteiger partial charge on any atom is -0.267 e. The van der Waals surface area contributed by atoms with Crippen molar-refractivity contribution in [2.45, 2.75) is 0 Å². The van der Waals surface area contributed by atoms with E-state index in [9.17, 15) is 4.79 Å². The van der Waals surface area contributed by atoms with E-state index in [-0.39, 0.29) is 5.56 Å². The predicted molar refractivity (Wildman–Crippen MR) is 85.0 cm³/mol. The Balaban J connectivity index is 2.05. The lowest BCUT2D eigenvalue weighted by Crippen LogP contribution is -2.22. The number of hydrogen-bond acceptors (Lipinski definition) is 4. The fourth-order valence-electron chi connectivity index (χ4n) is 2.15. The maximum Gasteiger partial charge on any atom is 0.274 e. The smallest absolute Gasteiger partial charge is 0.267 e. The normalized spacial score (nSPS) is 12.8. The van der Waals surface area contributed by atoms with E-state index in [4.69, 9.17) is 11.6 Å². The van der Waals surface area contributed by atoms with E-state index in [0.29, 0.717) is 4.53 Å². The average Bonchev–Trinajstić information content (AvgIpc) is 3.07. The third kappa shape index (κ3) is 1.78. The second-order valence-corrected chi connectivity index (χ2v) is 7.03. The zero-order valence-corrected chi connectivity index (χ0v) is 12.4. The second-order valence-electron chi connectivity index (χ2n) is 4.28. The minimum atomic E-state index is -0.0248. The van der Waals surface area contributed by atoms with Gasteiger partial charge in [0.1, 0.15) is 0 Å². The van der Waals surface area contributed by atoms with Crippen LogP contribution in [0.4, 0.5) is 0 Å². The number of halogens is 1. The number of benzene rings is 1. The Bertz CT molecular complexity index is 1040. The van der Waals surface area contributed by atoms with Crippen LogP contribution in [-0.4, -0.2) is 9.38 Å². The first-order valence-corrected chi connectivity index (χ1v) is 7.90. The molecule has 0 aliphatic rings. The van der Waals surface area contributed by atoms with Crippen molar-refractivity contribution < 1.29 is 0 Å². The van der Waals surface area contributed by atoms with Crippen molar-refractivity contribution in [2.75, 3.05) is 0 Å². The highest BCUT2D eigenvalue weighted by Gasteiger charge is 2.10. The van der Waals surface area contributed by atoms with E-state index < -0.39 is 0 Å². The maximum absolute atomic E-state index is 12.5. The van der Waals surface area contributed by atoms with Gasteiger partial charge in [0, 0.05) is 4.88 Å². The number of thiophene rings is 1. The van der Waals surface area contributed by atoms with Gasteiger partial charge < -0.3 is 0 Å². The third-order valence-electron chi connectivity index (χ3n) is 3.01. The van der Waals surface area contributed by atoms with Crippen molar-refractivity contribution in [3.05, 3.63) is 60.5 Å². The van der Waals surface area contributed by atoms with Crippen molar-refractivity contribution in [3.8, 4) is 0 Å². The first-order chi connectivity index (χ1) is 9.72. The largest absolute Gasteiger partial charge is 0.274 e. The van der Waals surface area contributed by atoms with Gasteiger partial charge in [-0.3, -0.25) is 4.79 Å². The summed E-state index contributed by atoms with van der Waals surface area (Å²) < 4.78 is 3.06. The highest BCUT2D eigenvalue weighted by Crippen LogP contribution is 2.22. The molecular formula is C14H7ClN2OS2. The molecule has 0 amide bonds. The van der Waals surface area contributed by atoms with E-state index in [0.717, 1.165) is 25.2 Å². The molecule has 20 heavy (non-hydrogen) atoms. The van der Waals surface area contributed by atoms with E-state index in [1.165, 1.54) is 22.7 Å². The van der Waals surface area contributed by atoms with Crippen LogP contribution in [0.25, 0.3) is 22.1 Å². The third-order valence-corrected chi connectivity index (χ3v) is 5.16. The first-order valence-electron chi connectivity index (χ1n) is 5.89. The summed E-state index contributed by atoms with van der Waals surface area (Å²) in [6, 6.07) is 11.4. The zero-order valence-electron chi connectivity index (χ0n) is 10.0. The Morgan fingerprint density at radius 2 is 2.00 bits per heavy atom. The number of thiazole rings is 1. The molecule has 4 aromatic rings. The molecule has 3 heterocycles. The topological polar surface area (TPSA) is 34.4 Å². The standard InChI is InChI=1S/C14H7ClN2OS2/c15-12-6-5-8(19-12)7-11-13(18)17-10-4-2-1-3-9(10)16-14(17)20-11/h1-7H/b11-7-. The number of hydrogen-bond donors (Lipinski definition) is 0. The van der Waals surface area contributed by atoms with Crippen LogP contribution in [0.5, 0.6) is 0 Å². The van der Waals surface area contributed by atoms with E-state index in [2.05, 4.69) is 4.98 Å². The van der Waals surface area contributed by atoms with Crippen LogP contribution in [0.2, 0.25) is 4.34 Å². The highest BCUT2D eigenvalue weighted by molar-refractivity contribution is 7.17. The van der Waals surface area contributed by atoms with Gasteiger partial charge in [0.2, 0.25) is 0 Å². The highest BCUT2D eigenvalue weighted by atomic mass is 35.5. The van der Waals surface area contributed by atoms with Crippen LogP contribution < -0.4 is 10.1 Å². The van der Waals surface area contributed by atoms with Gasteiger partial charge in [-0.05, 0) is 30.3 Å². The second kappa shape index (κ2) is 4.41. The molecule has 0 saturated carbocycles. The minimum absolute atomic E-state index is 0.0248. The molecule has 3 nitrogen and oxygen atoms in total. The van der Waals surface area contributed by atoms with Gasteiger partial charge in [-0.25, -0.2) is 9.38 Å². The Morgan fingerprint density at radius 1 is 1.15 bits per heavy atom. The number of nitrogens with zero attached hydrogens (tertiary/aromatic N) is 2. The quantitative estimate of drug-likeness (QED) is 0.540. The summed E-state index contributed by atoms with van der Waals surface area (Å²) in [5, 5.41) is 0. The molecule has 0 radical (unpaired) electrons. The lowest BCUT2D eigenvalue weighted by atomic mass is 10.3. The van der Waals surface area contributed by atoms with Crippen molar-refractivity contribution in [2.24, 2.45) is 0 Å². The van der Waals surface area contributed by atoms with Crippen molar-refractivity contribution in [1.82, 2.24) is 9.38 Å². The summed E-state index contributed by atoms with van der Waals surface area (Å²) in [6.07, 6.45) is 1.87. The molecular weight excluding hydrogens is 312 g/mol. The molecule has 0 aliphatic heterocycles. The van der Waals surface area contributed by atoms with Gasteiger partial charge in [0.05, 0.1) is 19.9 Å². The summed E-state index contributed by atoms with van der Waals surface area (Å²) >= 11 is 8.76. The molecule has 0 unspecified atom stereocenters. The predicted octanol–water partition coefficient (Wildman–Crippen LogP) is 3.17. The monoisotopic (exact) mass is 318 g/mol. The summed E-state index contributed by atoms with van der Waals surface area (Å²) in [5.41, 5.74) is 1.68. The fraction of sp³-hybridized carbons (Fsp3) is 0. The van der Waals surface area contributed by atoms with Crippen LogP contribution in [0.1, 0.15) is 4.88 Å². The summed E-state index contributed by atoms with van der Waals surface area (Å²) in [4.78, 5) is 18.7. The molecule has 0 fully saturated rings. The van der Waals surface area contributed by atoms with E-state index in [1.54, 1.807) is 4.40 Å². The first kappa shape index (κ1) is 12.1. The molecule has 0 bridgehead atoms. The van der Waals surface area contributed by atoms with Crippen LogP contribution in [0, 0.1) is 0 Å². The van der Waals surface area contributed by atoms with Gasteiger partial charge in [0.15, 0.2) is 4.96 Å². The Kier molecular flexibility index (Phi) is 2.66. The van der Waals surface area contributed by atoms with Crippen LogP contribution in [-0.2, 0) is 0 Å². The SMILES string of the molecule is O=c1/c(=C/c2ccc(Cl)s2)sc2nc3ccccc3n12. The molecule has 4 rings (SSSR count). The summed E-state index contributed by atoms with van der Waals surface area (Å²) in [5.74, 6) is 0. The Labute approximate surface area is 126 Å². The van der Waals surface area contributed by atoms with Crippen molar-refractivity contribution >= 4 is 56.3 Å². The van der Waals surface area contributed by atoms with Crippen molar-refractivity contribution in [1.29, 1.82) is 0 Å². The van der Waals surface area contributed by atoms with Crippen LogP contribution >= 0.6 is 34.3 Å². The molecule has 0 N–H and O–H groups in total. The number of para-hydroxylation sites is 2. The van der Waals surface area contributed by atoms with Gasteiger partial charge in [-0.1, -0.05) is 35.1 Å². The molecule has 0 saturated heterocycles. The fourth-order valence-corrected chi connectivity index (χ4v) is 4.20. The Morgan fingerprint density at radius 3 is 2.80 bits per heavy atom. The Hall–Kier alpha value is -1.69. The maximum atomic E-state index is 12.5. The van der Waals surface area contributed by atoms with Gasteiger partial charge in [-0.2, -0.15) is 0 Å². The number of imidazole rings is 1. The molecule has 0 aliphatic carbocycles. The van der Waals surface area contributed by atoms with E-state index in [1.807, 2.05) is 42.5 Å². The van der Waals surface area contributed by atoms with Crippen LogP contribution in [0.3, 0.4) is 0 Å². The molecule has 98 valence electrons. The average molecular weight is 319 g/mol. The number of fused-ring (bicyclic) bond motifs is 3. The molecule has 3 aromatic heterocycles. The number of aromatic nitrogens is 2. The van der Waals surface area contributed by atoms with Gasteiger partial charge in [-0.15, -0.1) is 11.3 Å². The summed E-state index contributed by atoms with van der Waals surface area (Å²) in [7, 11) is 0. The molecule has 6 heteroatoms. The summed E-state index contributed by atoms with van der Waals surface area (Å²) in [6.45, 7) is 0.